The second kappa shape index (κ2) is 26.2. The molecule has 0 saturated heterocycles. The van der Waals surface area contributed by atoms with Crippen molar-refractivity contribution in [3.05, 3.63) is 0 Å². The van der Waals surface area contributed by atoms with Crippen molar-refractivity contribution in [1.82, 2.24) is 0 Å². The Morgan fingerprint density at radius 2 is 0.483 bits per heavy atom. The fourth-order valence-corrected chi connectivity index (χ4v) is 3.72. The largest absolute Gasteiger partial charge is 2.00 e. The fourth-order valence-electron chi connectivity index (χ4n) is 3.72. The van der Waals surface area contributed by atoms with Gasteiger partial charge in [-0.1, -0.05) is 116 Å². The molecule has 0 bridgehead atoms. The number of carbonyl (C=O) groups is 2. The monoisotopic (exact) mass is 436 g/mol. The number of carboxylic acid groups (broad SMARTS) is 2. The van der Waals surface area contributed by atoms with Crippen molar-refractivity contribution in [2.75, 3.05) is 0 Å². The second-order valence-electron chi connectivity index (χ2n) is 8.32. The summed E-state index contributed by atoms with van der Waals surface area (Å²) in [4.78, 5) is 20.6. The van der Waals surface area contributed by atoms with E-state index in [1.165, 1.54) is 89.9 Å². The quantitative estimate of drug-likeness (QED) is 0.172. The zero-order chi connectivity index (χ0) is 20.7. The maximum absolute atomic E-state index is 10.3. The molecule has 166 valence electrons. The molecule has 29 heavy (non-hydrogen) atoms. The van der Waals surface area contributed by atoms with E-state index in [9.17, 15) is 19.8 Å². The summed E-state index contributed by atoms with van der Waals surface area (Å²) in [6, 6.07) is 0. The number of unbranched alkanes of at least 4 members (excludes halogenated alkanes) is 19. The zero-order valence-corrected chi connectivity index (χ0v) is 21.1. The average molecular weight is 437 g/mol. The predicted molar refractivity (Wildman–Crippen MR) is 117 cm³/mol. The second-order valence-corrected chi connectivity index (χ2v) is 8.32. The van der Waals surface area contributed by atoms with E-state index in [0.717, 1.165) is 38.5 Å². The van der Waals surface area contributed by atoms with Crippen LogP contribution in [0.4, 0.5) is 0 Å². The minimum atomic E-state index is -0.917. The van der Waals surface area contributed by atoms with Crippen LogP contribution in [0.2, 0.25) is 0 Å². The first-order valence-corrected chi connectivity index (χ1v) is 12.0. The molecule has 0 aromatic heterocycles. The number of hydrogen-bond donors (Lipinski definition) is 0. The van der Waals surface area contributed by atoms with E-state index in [0.29, 0.717) is 0 Å². The molecule has 0 heterocycles. The van der Waals surface area contributed by atoms with Gasteiger partial charge in [-0.25, -0.2) is 0 Å². The first-order valence-electron chi connectivity index (χ1n) is 12.0. The van der Waals surface area contributed by atoms with Gasteiger partial charge in [0.15, 0.2) is 0 Å². The number of aliphatic carboxylic acids is 2. The summed E-state index contributed by atoms with van der Waals surface area (Å²) >= 11 is 0. The third-order valence-corrected chi connectivity index (χ3v) is 5.51. The van der Waals surface area contributed by atoms with Crippen molar-refractivity contribution in [3.63, 3.8) is 0 Å². The number of hydrogen-bond acceptors (Lipinski definition) is 4. The van der Waals surface area contributed by atoms with Crippen LogP contribution < -0.4 is 10.2 Å². The summed E-state index contributed by atoms with van der Waals surface area (Å²) in [5.74, 6) is -1.83. The summed E-state index contributed by atoms with van der Waals surface area (Å²) in [6.07, 6.45) is 25.0. The molecule has 0 aromatic rings. The Balaban J connectivity index is 0. The van der Waals surface area contributed by atoms with E-state index in [-0.39, 0.29) is 50.6 Å². The standard InChI is InChI=1S/C24H46O4.Ca/c25-23(26)21-19-17-15-13-11-9-7-5-3-1-2-4-6-8-10-12-14-16-18-20-22-24(27)28;/h1-22H2,(H,25,26)(H,27,28);/q;+2/p-2. The fraction of sp³-hybridized carbons (Fsp3) is 0.917. The van der Waals surface area contributed by atoms with Gasteiger partial charge in [-0.2, -0.15) is 0 Å². The Morgan fingerprint density at radius 1 is 0.345 bits per heavy atom. The SMILES string of the molecule is O=C([O-])CCCCCCCCCCCCCCCCCCCCCCC(=O)[O-].[Ca+2]. The molecular formula is C24H44CaO4. The molecule has 4 nitrogen and oxygen atoms in total. The molecule has 0 amide bonds. The predicted octanol–water partition coefficient (Wildman–Crippen LogP) is 4.69. The van der Waals surface area contributed by atoms with Gasteiger partial charge in [0.25, 0.3) is 0 Å². The molecule has 0 radical (unpaired) electrons. The van der Waals surface area contributed by atoms with Gasteiger partial charge in [0.1, 0.15) is 0 Å². The Kier molecular flexibility index (Phi) is 28.4. The van der Waals surface area contributed by atoms with Crippen molar-refractivity contribution in [3.8, 4) is 0 Å². The van der Waals surface area contributed by atoms with Gasteiger partial charge in [0, 0.05) is 11.9 Å². The Bertz CT molecular complexity index is 327. The van der Waals surface area contributed by atoms with Crippen LogP contribution in [0.1, 0.15) is 141 Å². The molecule has 0 atom stereocenters. The molecular weight excluding hydrogens is 392 g/mol. The minimum Gasteiger partial charge on any atom is -0.550 e. The van der Waals surface area contributed by atoms with Crippen molar-refractivity contribution < 1.29 is 19.8 Å². The normalized spacial score (nSPS) is 10.6. The molecule has 0 saturated carbocycles. The molecule has 0 spiro atoms. The van der Waals surface area contributed by atoms with Gasteiger partial charge in [0.2, 0.25) is 0 Å². The maximum atomic E-state index is 10.3. The molecule has 0 aromatic carbocycles. The van der Waals surface area contributed by atoms with Crippen LogP contribution in [0.3, 0.4) is 0 Å². The first-order chi connectivity index (χ1) is 13.6. The van der Waals surface area contributed by atoms with E-state index >= 15 is 0 Å². The third kappa shape index (κ3) is 30.5. The summed E-state index contributed by atoms with van der Waals surface area (Å²) in [6.45, 7) is 0. The average Bonchev–Trinajstić information content (AvgIpc) is 2.65. The first kappa shape index (κ1) is 31.4. The van der Waals surface area contributed by atoms with Crippen LogP contribution in [0, 0.1) is 0 Å². The van der Waals surface area contributed by atoms with Crippen molar-refractivity contribution in [2.45, 2.75) is 141 Å². The molecule has 0 rings (SSSR count). The number of carboxylic acids is 2. The Morgan fingerprint density at radius 3 is 0.621 bits per heavy atom. The Labute approximate surface area is 209 Å². The van der Waals surface area contributed by atoms with E-state index in [1.54, 1.807) is 0 Å². The topological polar surface area (TPSA) is 80.3 Å². The van der Waals surface area contributed by atoms with Crippen molar-refractivity contribution in [1.29, 1.82) is 0 Å². The van der Waals surface area contributed by atoms with Crippen LogP contribution >= 0.6 is 0 Å². The molecule has 0 aliphatic rings. The van der Waals surface area contributed by atoms with Crippen LogP contribution in [-0.2, 0) is 9.59 Å². The molecule has 0 fully saturated rings. The number of rotatable bonds is 23. The van der Waals surface area contributed by atoms with Gasteiger partial charge in [-0.3, -0.25) is 0 Å². The summed E-state index contributed by atoms with van der Waals surface area (Å²) in [5.41, 5.74) is 0. The van der Waals surface area contributed by atoms with E-state index in [1.807, 2.05) is 0 Å². The van der Waals surface area contributed by atoms with Gasteiger partial charge < -0.3 is 19.8 Å². The Hall–Kier alpha value is 0.200. The van der Waals surface area contributed by atoms with Crippen molar-refractivity contribution in [2.24, 2.45) is 0 Å². The number of carbonyl (C=O) groups excluding carboxylic acids is 2. The molecule has 0 unspecified atom stereocenters. The van der Waals surface area contributed by atoms with Gasteiger partial charge in [0.05, 0.1) is 0 Å². The molecule has 0 N–H and O–H groups in total. The smallest absolute Gasteiger partial charge is 0.550 e. The van der Waals surface area contributed by atoms with Gasteiger partial charge in [-0.15, -0.1) is 0 Å². The maximum Gasteiger partial charge on any atom is 2.00 e. The van der Waals surface area contributed by atoms with Crippen molar-refractivity contribution >= 4 is 49.7 Å². The van der Waals surface area contributed by atoms with Crippen LogP contribution in [0.15, 0.2) is 0 Å². The summed E-state index contributed by atoms with van der Waals surface area (Å²) in [7, 11) is 0. The molecule has 5 heteroatoms. The van der Waals surface area contributed by atoms with Crippen LogP contribution in [0.5, 0.6) is 0 Å². The summed E-state index contributed by atoms with van der Waals surface area (Å²) in [5, 5.41) is 20.6. The zero-order valence-electron chi connectivity index (χ0n) is 18.9. The minimum absolute atomic E-state index is 0. The van der Waals surface area contributed by atoms with Gasteiger partial charge in [-0.05, 0) is 25.7 Å². The van der Waals surface area contributed by atoms with Gasteiger partial charge >= 0.3 is 37.7 Å². The third-order valence-electron chi connectivity index (χ3n) is 5.51. The van der Waals surface area contributed by atoms with E-state index in [2.05, 4.69) is 0 Å². The van der Waals surface area contributed by atoms with E-state index < -0.39 is 11.9 Å². The molecule has 0 aliphatic heterocycles. The van der Waals surface area contributed by atoms with E-state index in [4.69, 9.17) is 0 Å². The molecule has 0 aliphatic carbocycles. The van der Waals surface area contributed by atoms with Crippen LogP contribution in [0.25, 0.3) is 0 Å². The van der Waals surface area contributed by atoms with Crippen LogP contribution in [-0.4, -0.2) is 49.7 Å². The summed E-state index contributed by atoms with van der Waals surface area (Å²) < 4.78 is 0.